The average Bonchev–Trinajstić information content (AvgIpc) is 2.73. The van der Waals surface area contributed by atoms with Crippen LogP contribution in [0.15, 0.2) is 70.4 Å². The third-order valence-electron chi connectivity index (χ3n) is 5.11. The van der Waals surface area contributed by atoms with E-state index in [4.69, 9.17) is 16.3 Å². The normalized spacial score (nSPS) is 11.6. The minimum Gasteiger partial charge on any atom is -0.496 e. The van der Waals surface area contributed by atoms with Crippen LogP contribution in [0, 0.1) is 6.92 Å². The minimum absolute atomic E-state index is 0.243. The van der Waals surface area contributed by atoms with Crippen LogP contribution in [-0.4, -0.2) is 25.1 Å². The van der Waals surface area contributed by atoms with Crippen LogP contribution < -0.4 is 10.3 Å². The van der Waals surface area contributed by atoms with E-state index in [0.717, 1.165) is 16.7 Å². The van der Waals surface area contributed by atoms with Gasteiger partial charge in [-0.3, -0.25) is 9.35 Å². The van der Waals surface area contributed by atoms with Gasteiger partial charge >= 0.3 is 0 Å². The van der Waals surface area contributed by atoms with Gasteiger partial charge in [-0.25, -0.2) is 0 Å². The molecule has 6 nitrogen and oxygen atoms in total. The first kappa shape index (κ1) is 21.1. The molecule has 158 valence electrons. The van der Waals surface area contributed by atoms with Crippen molar-refractivity contribution in [1.29, 1.82) is 0 Å². The Morgan fingerprint density at radius 3 is 2.35 bits per heavy atom. The molecule has 0 aliphatic rings. The van der Waals surface area contributed by atoms with Gasteiger partial charge in [0.05, 0.1) is 7.11 Å². The Kier molecular flexibility index (Phi) is 5.35. The van der Waals surface area contributed by atoms with Crippen molar-refractivity contribution >= 4 is 32.6 Å². The summed E-state index contributed by atoms with van der Waals surface area (Å²) in [7, 11) is -3.06. The number of aromatic nitrogens is 1. The Hall–Kier alpha value is -3.13. The Morgan fingerprint density at radius 1 is 0.968 bits per heavy atom. The quantitative estimate of drug-likeness (QED) is 0.418. The van der Waals surface area contributed by atoms with Crippen LogP contribution in [-0.2, 0) is 10.1 Å². The van der Waals surface area contributed by atoms with Crippen LogP contribution >= 0.6 is 11.6 Å². The molecule has 1 aromatic heterocycles. The number of pyridine rings is 1. The van der Waals surface area contributed by atoms with Crippen molar-refractivity contribution in [3.05, 3.63) is 81.6 Å². The number of hydrogen-bond donors (Lipinski definition) is 2. The van der Waals surface area contributed by atoms with E-state index in [0.29, 0.717) is 27.2 Å². The van der Waals surface area contributed by atoms with E-state index in [1.165, 1.54) is 31.4 Å². The first-order valence-corrected chi connectivity index (χ1v) is 11.1. The predicted octanol–water partition coefficient (Wildman–Crippen LogP) is 5.08. The van der Waals surface area contributed by atoms with Crippen molar-refractivity contribution in [1.82, 2.24) is 4.98 Å². The van der Waals surface area contributed by atoms with Gasteiger partial charge in [0.25, 0.3) is 10.1 Å². The van der Waals surface area contributed by atoms with Crippen LogP contribution in [0.2, 0.25) is 5.02 Å². The molecule has 0 aliphatic heterocycles. The Bertz CT molecular complexity index is 1490. The highest BCUT2D eigenvalue weighted by Gasteiger charge is 2.22. The molecule has 8 heteroatoms. The van der Waals surface area contributed by atoms with Crippen LogP contribution in [0.3, 0.4) is 0 Å². The van der Waals surface area contributed by atoms with Gasteiger partial charge in [0.15, 0.2) is 0 Å². The highest BCUT2D eigenvalue weighted by atomic mass is 35.5. The van der Waals surface area contributed by atoms with Gasteiger partial charge in [0.1, 0.15) is 10.6 Å². The maximum absolute atomic E-state index is 12.1. The largest absolute Gasteiger partial charge is 0.496 e. The lowest BCUT2D eigenvalue weighted by Gasteiger charge is -2.16. The van der Waals surface area contributed by atoms with Gasteiger partial charge in [-0.1, -0.05) is 23.7 Å². The van der Waals surface area contributed by atoms with E-state index in [1.807, 2.05) is 31.2 Å². The number of benzene rings is 3. The molecule has 2 N–H and O–H groups in total. The standard InChI is InChI=1S/C23H18ClNO5S/c1-13-11-14(4-7-18(13)24)15-3-5-17(20(12-15)30-2)23-16-6-10-22(26)25-19(16)8-9-21(23)31(27,28)29/h3-12H,1-2H3,(H,25,26)(H,27,28,29). The van der Waals surface area contributed by atoms with E-state index in [-0.39, 0.29) is 16.0 Å². The van der Waals surface area contributed by atoms with Crippen LogP contribution in [0.5, 0.6) is 5.75 Å². The third kappa shape index (κ3) is 3.95. The summed E-state index contributed by atoms with van der Waals surface area (Å²) in [5, 5.41) is 1.12. The molecule has 4 aromatic rings. The molecule has 0 aliphatic carbocycles. The number of aryl methyl sites for hydroxylation is 1. The summed E-state index contributed by atoms with van der Waals surface area (Å²) < 4.78 is 39.7. The Morgan fingerprint density at radius 2 is 1.68 bits per heavy atom. The van der Waals surface area contributed by atoms with E-state index in [1.54, 1.807) is 12.1 Å². The second-order valence-electron chi connectivity index (χ2n) is 7.08. The lowest BCUT2D eigenvalue weighted by molar-refractivity contribution is 0.416. The average molecular weight is 456 g/mol. The SMILES string of the molecule is COc1cc(-c2ccc(Cl)c(C)c2)ccc1-c1c(S(=O)(=O)O)ccc2[nH]c(=O)ccc12. The molecule has 0 spiro atoms. The summed E-state index contributed by atoms with van der Waals surface area (Å²) >= 11 is 6.13. The van der Waals surface area contributed by atoms with E-state index >= 15 is 0 Å². The summed E-state index contributed by atoms with van der Waals surface area (Å²) in [4.78, 5) is 14.1. The summed E-state index contributed by atoms with van der Waals surface area (Å²) in [6, 6.07) is 16.5. The molecule has 4 rings (SSSR count). The van der Waals surface area contributed by atoms with Crippen LogP contribution in [0.1, 0.15) is 5.56 Å². The van der Waals surface area contributed by atoms with Crippen molar-refractivity contribution in [2.24, 2.45) is 0 Å². The van der Waals surface area contributed by atoms with Crippen molar-refractivity contribution in [3.63, 3.8) is 0 Å². The molecule has 31 heavy (non-hydrogen) atoms. The molecule has 0 saturated heterocycles. The van der Waals surface area contributed by atoms with E-state index in [2.05, 4.69) is 4.98 Å². The molecule has 1 heterocycles. The van der Waals surface area contributed by atoms with Gasteiger partial charge in [-0.2, -0.15) is 8.42 Å². The second kappa shape index (κ2) is 7.85. The zero-order valence-electron chi connectivity index (χ0n) is 16.6. The highest BCUT2D eigenvalue weighted by molar-refractivity contribution is 7.86. The van der Waals surface area contributed by atoms with Gasteiger partial charge in [-0.15, -0.1) is 0 Å². The first-order valence-electron chi connectivity index (χ1n) is 9.27. The Balaban J connectivity index is 2.01. The molecule has 0 radical (unpaired) electrons. The molecular formula is C23H18ClNO5S. The Labute approximate surface area is 183 Å². The smallest absolute Gasteiger partial charge is 0.295 e. The fourth-order valence-electron chi connectivity index (χ4n) is 3.61. The number of fused-ring (bicyclic) bond motifs is 1. The minimum atomic E-state index is -4.54. The molecule has 0 amide bonds. The molecule has 3 aromatic carbocycles. The highest BCUT2D eigenvalue weighted by Crippen LogP contribution is 2.41. The van der Waals surface area contributed by atoms with Crippen molar-refractivity contribution in [2.75, 3.05) is 7.11 Å². The lowest BCUT2D eigenvalue weighted by atomic mass is 9.96. The number of ether oxygens (including phenoxy) is 1. The summed E-state index contributed by atoms with van der Waals surface area (Å²) in [5.41, 5.74) is 3.52. The molecule has 0 unspecified atom stereocenters. The number of H-pyrrole nitrogens is 1. The zero-order valence-corrected chi connectivity index (χ0v) is 18.2. The molecule has 0 atom stereocenters. The lowest BCUT2D eigenvalue weighted by Crippen LogP contribution is -2.06. The summed E-state index contributed by atoms with van der Waals surface area (Å²) in [6.07, 6.45) is 0. The fourth-order valence-corrected chi connectivity index (χ4v) is 4.44. The topological polar surface area (TPSA) is 96.5 Å². The van der Waals surface area contributed by atoms with Gasteiger partial charge in [-0.05, 0) is 66.1 Å². The second-order valence-corrected chi connectivity index (χ2v) is 8.87. The van der Waals surface area contributed by atoms with E-state index in [9.17, 15) is 17.8 Å². The maximum atomic E-state index is 12.1. The molecule has 0 fully saturated rings. The summed E-state index contributed by atoms with van der Waals surface area (Å²) in [6.45, 7) is 1.91. The molecule has 0 saturated carbocycles. The van der Waals surface area contributed by atoms with Gasteiger partial charge in [0, 0.05) is 33.1 Å². The number of rotatable bonds is 4. The number of nitrogens with one attached hydrogen (secondary N) is 1. The fraction of sp³-hybridized carbons (Fsp3) is 0.0870. The van der Waals surface area contributed by atoms with Gasteiger partial charge in [0.2, 0.25) is 5.56 Å². The number of halogens is 1. The third-order valence-corrected chi connectivity index (χ3v) is 6.43. The number of hydrogen-bond acceptors (Lipinski definition) is 4. The monoisotopic (exact) mass is 455 g/mol. The maximum Gasteiger partial charge on any atom is 0.295 e. The van der Waals surface area contributed by atoms with Crippen LogP contribution in [0.4, 0.5) is 0 Å². The van der Waals surface area contributed by atoms with Crippen molar-refractivity contribution < 1.29 is 17.7 Å². The van der Waals surface area contributed by atoms with Crippen molar-refractivity contribution in [3.8, 4) is 28.0 Å². The van der Waals surface area contributed by atoms with Gasteiger partial charge < -0.3 is 9.72 Å². The molecular weight excluding hydrogens is 438 g/mol. The zero-order chi connectivity index (χ0) is 22.3. The summed E-state index contributed by atoms with van der Waals surface area (Å²) in [5.74, 6) is 0.411. The first-order chi connectivity index (χ1) is 14.7. The number of aromatic amines is 1. The van der Waals surface area contributed by atoms with Crippen LogP contribution in [0.25, 0.3) is 33.2 Å². The predicted molar refractivity (Wildman–Crippen MR) is 122 cm³/mol. The molecule has 0 bridgehead atoms. The van der Waals surface area contributed by atoms with E-state index < -0.39 is 10.1 Å². The van der Waals surface area contributed by atoms with Crippen molar-refractivity contribution in [2.45, 2.75) is 11.8 Å². The number of methoxy groups -OCH3 is 1.